The van der Waals surface area contributed by atoms with Gasteiger partial charge >= 0.3 is 0 Å². The van der Waals surface area contributed by atoms with Crippen LogP contribution in [0.25, 0.3) is 33.4 Å². The Morgan fingerprint density at radius 2 is 1.78 bits per heavy atom. The van der Waals surface area contributed by atoms with E-state index >= 15 is 0 Å². The molecular weight excluding hydrogens is 460 g/mol. The van der Waals surface area contributed by atoms with Crippen LogP contribution in [-0.4, -0.2) is 69.8 Å². The predicted octanol–water partition coefficient (Wildman–Crippen LogP) is 5.29. The predicted molar refractivity (Wildman–Crippen MR) is 151 cm³/mol. The van der Waals surface area contributed by atoms with Crippen molar-refractivity contribution < 1.29 is 9.15 Å². The van der Waals surface area contributed by atoms with Crippen molar-refractivity contribution in [2.24, 2.45) is 0 Å². The van der Waals surface area contributed by atoms with E-state index in [1.165, 1.54) is 22.4 Å². The maximum atomic E-state index is 8.20. The number of hydrogen-bond donors (Lipinski definition) is 1. The normalized spacial score (nSPS) is 14.6. The van der Waals surface area contributed by atoms with Crippen molar-refractivity contribution in [2.75, 3.05) is 64.9 Å². The lowest BCUT2D eigenvalue weighted by atomic mass is 9.92. The summed E-state index contributed by atoms with van der Waals surface area (Å²) in [5.74, 6) is 0.751. The minimum Gasteiger partial charge on any atom is -0.456 e. The maximum absolute atomic E-state index is 8.20. The zero-order valence-corrected chi connectivity index (χ0v) is 22.3. The van der Waals surface area contributed by atoms with Crippen molar-refractivity contribution in [1.82, 2.24) is 9.80 Å². The molecule has 2 aliphatic heterocycles. The maximum Gasteiger partial charge on any atom is 0.137 e. The van der Waals surface area contributed by atoms with Crippen LogP contribution >= 0.6 is 0 Å². The van der Waals surface area contributed by atoms with E-state index in [9.17, 15) is 0 Å². The first-order chi connectivity index (χ1) is 18.0. The van der Waals surface area contributed by atoms with Gasteiger partial charge in [-0.15, -0.1) is 0 Å². The van der Waals surface area contributed by atoms with Gasteiger partial charge in [0.1, 0.15) is 11.3 Å². The fraction of sp³-hybridized carbons (Fsp3) is 0.387. The minimum absolute atomic E-state index is 0.456. The third-order valence-electron chi connectivity index (χ3n) is 7.21. The zero-order valence-electron chi connectivity index (χ0n) is 22.3. The summed E-state index contributed by atoms with van der Waals surface area (Å²) >= 11 is 0. The average Bonchev–Trinajstić information content (AvgIpc) is 2.90. The summed E-state index contributed by atoms with van der Waals surface area (Å²) < 4.78 is 12.0. The van der Waals surface area contributed by atoms with E-state index in [2.05, 4.69) is 78.2 Å². The minimum atomic E-state index is 0.456. The largest absolute Gasteiger partial charge is 0.456 e. The van der Waals surface area contributed by atoms with Crippen LogP contribution in [0.4, 0.5) is 5.69 Å². The van der Waals surface area contributed by atoms with E-state index in [-0.39, 0.29) is 0 Å². The van der Waals surface area contributed by atoms with E-state index in [4.69, 9.17) is 14.6 Å². The second-order valence-corrected chi connectivity index (χ2v) is 10.2. The highest BCUT2D eigenvalue weighted by Crippen LogP contribution is 2.41. The molecule has 3 aliphatic rings. The molecule has 6 heteroatoms. The number of anilines is 1. The number of nitrogens with zero attached hydrogens (tertiary/aromatic N) is 3. The zero-order chi connectivity index (χ0) is 25.8. The Kier molecular flexibility index (Phi) is 7.89. The summed E-state index contributed by atoms with van der Waals surface area (Å²) in [6.45, 7) is 9.68. The van der Waals surface area contributed by atoms with E-state index in [0.717, 1.165) is 81.2 Å². The van der Waals surface area contributed by atoms with Gasteiger partial charge in [0.15, 0.2) is 0 Å². The van der Waals surface area contributed by atoms with Crippen molar-refractivity contribution in [1.29, 1.82) is 5.41 Å². The number of fused-ring (bicyclic) bond motifs is 2. The summed E-state index contributed by atoms with van der Waals surface area (Å²) in [6.07, 6.45) is 1.11. The fourth-order valence-corrected chi connectivity index (χ4v) is 5.28. The van der Waals surface area contributed by atoms with Crippen LogP contribution in [0.2, 0.25) is 0 Å². The molecule has 0 saturated carbocycles. The lowest BCUT2D eigenvalue weighted by Gasteiger charge is -2.27. The summed E-state index contributed by atoms with van der Waals surface area (Å²) in [7, 11) is 4.24. The first-order valence-electron chi connectivity index (χ1n) is 13.4. The van der Waals surface area contributed by atoms with E-state index < -0.39 is 0 Å². The Hall–Kier alpha value is -3.19. The van der Waals surface area contributed by atoms with E-state index in [1.54, 1.807) is 0 Å². The van der Waals surface area contributed by atoms with Gasteiger partial charge in [-0.25, -0.2) is 0 Å². The molecule has 0 spiro atoms. The summed E-state index contributed by atoms with van der Waals surface area (Å²) in [5, 5.41) is 9.76. The first-order valence-corrected chi connectivity index (χ1v) is 13.4. The van der Waals surface area contributed by atoms with Crippen LogP contribution in [0.5, 0.6) is 0 Å². The molecule has 1 saturated heterocycles. The van der Waals surface area contributed by atoms with Gasteiger partial charge < -0.3 is 24.4 Å². The summed E-state index contributed by atoms with van der Waals surface area (Å²) in [6, 6.07) is 21.2. The molecule has 0 aromatic heterocycles. The number of hydrogen-bond acceptors (Lipinski definition) is 6. The van der Waals surface area contributed by atoms with Crippen LogP contribution < -0.4 is 10.3 Å². The Morgan fingerprint density at radius 1 is 0.946 bits per heavy atom. The van der Waals surface area contributed by atoms with Gasteiger partial charge in [0.25, 0.3) is 0 Å². The van der Waals surface area contributed by atoms with Crippen LogP contribution in [0.3, 0.4) is 0 Å². The molecule has 0 atom stereocenters. The van der Waals surface area contributed by atoms with Gasteiger partial charge in [-0.05, 0) is 75.4 Å². The Labute approximate surface area is 219 Å². The summed E-state index contributed by atoms with van der Waals surface area (Å²) in [5.41, 5.74) is 6.72. The standard InChI is InChI=1S/C31H38N4O2/c1-4-35(14-6-13-33(2)3)26-10-12-28-30(21-26)37-29-20-25(32)9-11-27(29)31(28)24-8-5-7-23(19-24)22-34-15-17-36-18-16-34/h5,7-12,19-21,32H,4,6,13-18,22H2,1-3H3. The van der Waals surface area contributed by atoms with Crippen LogP contribution in [0, 0.1) is 5.41 Å². The van der Waals surface area contributed by atoms with Crippen molar-refractivity contribution >= 4 is 16.7 Å². The lowest BCUT2D eigenvalue weighted by molar-refractivity contribution is 0.0342. The SMILES string of the molecule is CCN(CCCN(C)C)c1ccc2c(-c3cccc(CN4CCOCC4)c3)c3ccc(=N)cc-3oc2c1. The molecule has 0 unspecified atom stereocenters. The molecule has 0 radical (unpaired) electrons. The highest BCUT2D eigenvalue weighted by molar-refractivity contribution is 6.02. The molecule has 1 aliphatic carbocycles. The highest BCUT2D eigenvalue weighted by Gasteiger charge is 2.19. The van der Waals surface area contributed by atoms with Gasteiger partial charge in [-0.2, -0.15) is 0 Å². The topological polar surface area (TPSA) is 55.9 Å². The Morgan fingerprint density at radius 3 is 2.57 bits per heavy atom. The molecule has 1 N–H and O–H groups in total. The van der Waals surface area contributed by atoms with Crippen LogP contribution in [-0.2, 0) is 11.3 Å². The van der Waals surface area contributed by atoms with Crippen molar-refractivity contribution in [3.63, 3.8) is 0 Å². The molecule has 194 valence electrons. The van der Waals surface area contributed by atoms with Gasteiger partial charge in [0, 0.05) is 67.1 Å². The molecular formula is C31H38N4O2. The number of nitrogens with one attached hydrogen (secondary N) is 1. The monoisotopic (exact) mass is 498 g/mol. The molecule has 1 fully saturated rings. The van der Waals surface area contributed by atoms with Crippen LogP contribution in [0.1, 0.15) is 18.9 Å². The second kappa shape index (κ2) is 11.5. The first kappa shape index (κ1) is 25.5. The lowest BCUT2D eigenvalue weighted by Crippen LogP contribution is -2.35. The number of rotatable bonds is 9. The molecule has 2 heterocycles. The number of benzene rings is 3. The summed E-state index contributed by atoms with van der Waals surface area (Å²) in [4.78, 5) is 7.09. The smallest absolute Gasteiger partial charge is 0.137 e. The Bertz CT molecular complexity index is 1370. The van der Waals surface area contributed by atoms with Gasteiger partial charge in [0.05, 0.1) is 18.6 Å². The number of ether oxygens (including phenoxy) is 1. The molecule has 37 heavy (non-hydrogen) atoms. The van der Waals surface area contributed by atoms with Gasteiger partial charge in [-0.3, -0.25) is 4.90 Å². The third kappa shape index (κ3) is 5.87. The molecule has 0 bridgehead atoms. The number of morpholine rings is 1. The van der Waals surface area contributed by atoms with Crippen molar-refractivity contribution in [3.05, 3.63) is 71.6 Å². The average molecular weight is 499 g/mol. The fourth-order valence-electron chi connectivity index (χ4n) is 5.28. The molecule has 0 amide bonds. The second-order valence-electron chi connectivity index (χ2n) is 10.2. The van der Waals surface area contributed by atoms with E-state index in [1.807, 2.05) is 18.2 Å². The van der Waals surface area contributed by atoms with Crippen molar-refractivity contribution in [2.45, 2.75) is 19.9 Å². The highest BCUT2D eigenvalue weighted by atomic mass is 16.5. The molecule has 5 rings (SSSR count). The van der Waals surface area contributed by atoms with Gasteiger partial charge in [-0.1, -0.05) is 18.2 Å². The molecule has 2 aromatic rings. The quantitative estimate of drug-likeness (QED) is 0.318. The van der Waals surface area contributed by atoms with Crippen LogP contribution in [0.15, 0.2) is 65.1 Å². The van der Waals surface area contributed by atoms with E-state index in [0.29, 0.717) is 5.36 Å². The molecule has 2 aromatic carbocycles. The van der Waals surface area contributed by atoms with Gasteiger partial charge in [0.2, 0.25) is 0 Å². The molecule has 6 nitrogen and oxygen atoms in total. The Balaban J connectivity index is 1.57. The van der Waals surface area contributed by atoms with Crippen molar-refractivity contribution in [3.8, 4) is 22.5 Å². The third-order valence-corrected chi connectivity index (χ3v) is 7.21.